The molecule has 0 spiro atoms. The predicted octanol–water partition coefficient (Wildman–Crippen LogP) is 2.82. The SMILES string of the molecule is c1ccc2c(c1)CC(C1CCC1)N2. The Balaban J connectivity index is 1.80. The molecule has 0 radical (unpaired) electrons. The normalized spacial score (nSPS) is 26.3. The number of hydrogen-bond donors (Lipinski definition) is 1. The summed E-state index contributed by atoms with van der Waals surface area (Å²) in [6, 6.07) is 9.46. The molecule has 0 saturated heterocycles. The molecule has 0 amide bonds. The van der Waals surface area contributed by atoms with Crippen LogP contribution in [0.25, 0.3) is 0 Å². The number of anilines is 1. The Morgan fingerprint density at radius 3 is 2.69 bits per heavy atom. The number of hydrogen-bond acceptors (Lipinski definition) is 1. The summed E-state index contributed by atoms with van der Waals surface area (Å²) in [7, 11) is 0. The first-order valence-electron chi connectivity index (χ1n) is 5.28. The fraction of sp³-hybridized carbons (Fsp3) is 0.500. The number of nitrogens with one attached hydrogen (secondary N) is 1. The van der Waals surface area contributed by atoms with Crippen LogP contribution in [0, 0.1) is 5.92 Å². The molecule has 1 aromatic rings. The molecule has 3 rings (SSSR count). The first kappa shape index (κ1) is 7.43. The van der Waals surface area contributed by atoms with E-state index in [0.717, 1.165) is 12.0 Å². The third-order valence-electron chi connectivity index (χ3n) is 3.52. The lowest BCUT2D eigenvalue weighted by Gasteiger charge is -2.31. The summed E-state index contributed by atoms with van der Waals surface area (Å²) < 4.78 is 0. The summed E-state index contributed by atoms with van der Waals surface area (Å²) in [6.45, 7) is 0. The molecule has 1 unspecified atom stereocenters. The zero-order valence-electron chi connectivity index (χ0n) is 7.79. The molecule has 1 nitrogen and oxygen atoms in total. The molecule has 1 aliphatic carbocycles. The van der Waals surface area contributed by atoms with Crippen LogP contribution in [0.1, 0.15) is 24.8 Å². The van der Waals surface area contributed by atoms with Crippen LogP contribution in [-0.2, 0) is 6.42 Å². The van der Waals surface area contributed by atoms with E-state index in [9.17, 15) is 0 Å². The molecular weight excluding hydrogens is 158 g/mol. The van der Waals surface area contributed by atoms with Gasteiger partial charge in [-0.2, -0.15) is 0 Å². The van der Waals surface area contributed by atoms with Crippen molar-refractivity contribution in [2.45, 2.75) is 31.7 Å². The third kappa shape index (κ3) is 1.14. The highest BCUT2D eigenvalue weighted by Crippen LogP contribution is 2.37. The van der Waals surface area contributed by atoms with Gasteiger partial charge in [0.15, 0.2) is 0 Å². The van der Waals surface area contributed by atoms with E-state index in [1.165, 1.54) is 36.9 Å². The molecule has 1 fully saturated rings. The average molecular weight is 173 g/mol. The Kier molecular flexibility index (Phi) is 1.58. The highest BCUT2D eigenvalue weighted by atomic mass is 15.0. The second-order valence-corrected chi connectivity index (χ2v) is 4.30. The Bertz CT molecular complexity index is 290. The van der Waals surface area contributed by atoms with Crippen molar-refractivity contribution in [2.75, 3.05) is 5.32 Å². The molecule has 1 aromatic carbocycles. The van der Waals surface area contributed by atoms with Crippen LogP contribution in [0.15, 0.2) is 24.3 Å². The van der Waals surface area contributed by atoms with Gasteiger partial charge in [-0.15, -0.1) is 0 Å². The van der Waals surface area contributed by atoms with E-state index < -0.39 is 0 Å². The predicted molar refractivity (Wildman–Crippen MR) is 54.9 cm³/mol. The van der Waals surface area contributed by atoms with Crippen molar-refractivity contribution in [2.24, 2.45) is 5.92 Å². The van der Waals surface area contributed by atoms with Crippen molar-refractivity contribution in [1.82, 2.24) is 0 Å². The van der Waals surface area contributed by atoms with Crippen LogP contribution < -0.4 is 5.32 Å². The summed E-state index contributed by atoms with van der Waals surface area (Å²) in [5, 5.41) is 3.64. The van der Waals surface area contributed by atoms with E-state index in [1.807, 2.05) is 0 Å². The number of rotatable bonds is 1. The Morgan fingerprint density at radius 1 is 1.15 bits per heavy atom. The van der Waals surface area contributed by atoms with E-state index in [0.29, 0.717) is 0 Å². The lowest BCUT2D eigenvalue weighted by molar-refractivity contribution is 0.278. The fourth-order valence-electron chi connectivity index (χ4n) is 2.45. The van der Waals surface area contributed by atoms with Gasteiger partial charge in [-0.25, -0.2) is 0 Å². The lowest BCUT2D eigenvalue weighted by atomic mass is 9.79. The maximum atomic E-state index is 3.64. The minimum Gasteiger partial charge on any atom is -0.381 e. The molecule has 68 valence electrons. The first-order chi connectivity index (χ1) is 6.43. The molecule has 1 aliphatic heterocycles. The molecule has 1 saturated carbocycles. The highest BCUT2D eigenvalue weighted by molar-refractivity contribution is 5.56. The standard InChI is InChI=1S/C12H15N/c1-2-7-11-10(4-1)8-12(13-11)9-5-3-6-9/h1-2,4,7,9,12-13H,3,5-6,8H2. The molecule has 1 atom stereocenters. The zero-order valence-corrected chi connectivity index (χ0v) is 7.79. The largest absolute Gasteiger partial charge is 0.381 e. The van der Waals surface area contributed by atoms with Gasteiger partial charge in [-0.05, 0) is 36.8 Å². The van der Waals surface area contributed by atoms with Crippen LogP contribution >= 0.6 is 0 Å². The van der Waals surface area contributed by atoms with Gasteiger partial charge in [0.2, 0.25) is 0 Å². The topological polar surface area (TPSA) is 12.0 Å². The van der Waals surface area contributed by atoms with Gasteiger partial charge < -0.3 is 5.32 Å². The van der Waals surface area contributed by atoms with Crippen molar-refractivity contribution in [3.05, 3.63) is 29.8 Å². The van der Waals surface area contributed by atoms with Gasteiger partial charge in [-0.3, -0.25) is 0 Å². The van der Waals surface area contributed by atoms with E-state index >= 15 is 0 Å². The lowest BCUT2D eigenvalue weighted by Crippen LogP contribution is -2.31. The van der Waals surface area contributed by atoms with Crippen LogP contribution in [-0.4, -0.2) is 6.04 Å². The number of benzene rings is 1. The maximum absolute atomic E-state index is 3.64. The Labute approximate surface area is 79.2 Å². The smallest absolute Gasteiger partial charge is 0.0375 e. The third-order valence-corrected chi connectivity index (χ3v) is 3.52. The van der Waals surface area contributed by atoms with E-state index in [4.69, 9.17) is 0 Å². The molecule has 13 heavy (non-hydrogen) atoms. The van der Waals surface area contributed by atoms with Crippen LogP contribution in [0.3, 0.4) is 0 Å². The van der Waals surface area contributed by atoms with Crippen LogP contribution in [0.5, 0.6) is 0 Å². The minimum absolute atomic E-state index is 0.742. The van der Waals surface area contributed by atoms with E-state index in [2.05, 4.69) is 29.6 Å². The van der Waals surface area contributed by atoms with Gasteiger partial charge in [-0.1, -0.05) is 24.6 Å². The molecular formula is C12H15N. The Hall–Kier alpha value is -0.980. The molecule has 0 aromatic heterocycles. The summed E-state index contributed by atoms with van der Waals surface area (Å²) in [5.41, 5.74) is 2.89. The van der Waals surface area contributed by atoms with Crippen molar-refractivity contribution in [3.8, 4) is 0 Å². The maximum Gasteiger partial charge on any atom is 0.0375 e. The molecule has 1 heteroatoms. The van der Waals surface area contributed by atoms with Gasteiger partial charge in [0, 0.05) is 11.7 Å². The van der Waals surface area contributed by atoms with Gasteiger partial charge in [0.1, 0.15) is 0 Å². The first-order valence-corrected chi connectivity index (χ1v) is 5.28. The average Bonchev–Trinajstić information content (AvgIpc) is 2.43. The van der Waals surface area contributed by atoms with Gasteiger partial charge in [0.25, 0.3) is 0 Å². The van der Waals surface area contributed by atoms with Gasteiger partial charge in [0.05, 0.1) is 0 Å². The molecule has 1 N–H and O–H groups in total. The van der Waals surface area contributed by atoms with Crippen molar-refractivity contribution < 1.29 is 0 Å². The van der Waals surface area contributed by atoms with Crippen LogP contribution in [0.2, 0.25) is 0 Å². The van der Waals surface area contributed by atoms with Crippen molar-refractivity contribution >= 4 is 5.69 Å². The second kappa shape index (κ2) is 2.76. The van der Waals surface area contributed by atoms with Crippen molar-refractivity contribution in [3.63, 3.8) is 0 Å². The summed E-state index contributed by atoms with van der Waals surface area (Å²) in [5.74, 6) is 0.951. The minimum atomic E-state index is 0.742. The number of fused-ring (bicyclic) bond motifs is 1. The number of para-hydroxylation sites is 1. The van der Waals surface area contributed by atoms with E-state index in [-0.39, 0.29) is 0 Å². The van der Waals surface area contributed by atoms with Gasteiger partial charge >= 0.3 is 0 Å². The van der Waals surface area contributed by atoms with Crippen molar-refractivity contribution in [1.29, 1.82) is 0 Å². The molecule has 0 bridgehead atoms. The highest BCUT2D eigenvalue weighted by Gasteiger charge is 2.31. The van der Waals surface area contributed by atoms with Crippen LogP contribution in [0.4, 0.5) is 5.69 Å². The fourth-order valence-corrected chi connectivity index (χ4v) is 2.45. The summed E-state index contributed by atoms with van der Waals surface area (Å²) >= 11 is 0. The van der Waals surface area contributed by atoms with E-state index in [1.54, 1.807) is 0 Å². The monoisotopic (exact) mass is 173 g/mol. The quantitative estimate of drug-likeness (QED) is 0.688. The molecule has 2 aliphatic rings. The summed E-state index contributed by atoms with van der Waals surface area (Å²) in [4.78, 5) is 0. The molecule has 1 heterocycles. The second-order valence-electron chi connectivity index (χ2n) is 4.30. The Morgan fingerprint density at radius 2 is 2.00 bits per heavy atom. The zero-order chi connectivity index (χ0) is 8.67. The summed E-state index contributed by atoms with van der Waals surface area (Å²) in [6.07, 6.45) is 5.57.